The van der Waals surface area contributed by atoms with Crippen LogP contribution in [0.4, 0.5) is 5.69 Å². The number of thiophene rings is 1. The van der Waals surface area contributed by atoms with Crippen molar-refractivity contribution >= 4 is 61.9 Å². The summed E-state index contributed by atoms with van der Waals surface area (Å²) in [5.74, 6) is 0. The molecule has 0 saturated carbocycles. The lowest BCUT2D eigenvalue weighted by atomic mass is 10.3. The molecule has 5 nitrogen and oxygen atoms in total. The minimum absolute atomic E-state index is 0.0138. The maximum absolute atomic E-state index is 12.8. The monoisotopic (exact) mass is 454 g/mol. The number of hydrogen-bond acceptors (Lipinski definition) is 5. The molecule has 1 N–H and O–H groups in total. The zero-order valence-electron chi connectivity index (χ0n) is 13.7. The maximum atomic E-state index is 12.8. The molecule has 0 atom stereocenters. The number of nitrogens with one attached hydrogen (secondary N) is 1. The first kappa shape index (κ1) is 20.2. The summed E-state index contributed by atoms with van der Waals surface area (Å²) in [6.07, 6.45) is 0.748. The van der Waals surface area contributed by atoms with Crippen molar-refractivity contribution in [3.8, 4) is 0 Å². The minimum atomic E-state index is -3.93. The van der Waals surface area contributed by atoms with Gasteiger partial charge in [0.1, 0.15) is 4.90 Å². The van der Waals surface area contributed by atoms with Crippen molar-refractivity contribution in [2.24, 2.45) is 0 Å². The molecule has 3 rings (SSSR count). The van der Waals surface area contributed by atoms with Gasteiger partial charge in [-0.05, 0) is 30.0 Å². The predicted molar refractivity (Wildman–Crippen MR) is 108 cm³/mol. The second-order valence-electron chi connectivity index (χ2n) is 5.77. The van der Waals surface area contributed by atoms with Gasteiger partial charge in [0.05, 0.1) is 28.9 Å². The third-order valence-electron chi connectivity index (χ3n) is 3.98. The molecule has 142 valence electrons. The largest absolute Gasteiger partial charge is 0.379 e. The summed E-state index contributed by atoms with van der Waals surface area (Å²) in [6.45, 7) is 4.10. The third kappa shape index (κ3) is 4.84. The van der Waals surface area contributed by atoms with Gasteiger partial charge in [-0.25, -0.2) is 8.42 Å². The SMILES string of the molecule is O=S(=O)(Nc1ccsc1CCN1CCOCC1)c1c(Cl)cc(Cl)cc1Cl. The quantitative estimate of drug-likeness (QED) is 0.702. The average Bonchev–Trinajstić information content (AvgIpc) is 2.99. The number of nitrogens with zero attached hydrogens (tertiary/aromatic N) is 1. The first-order valence-electron chi connectivity index (χ1n) is 7.90. The van der Waals surface area contributed by atoms with Crippen LogP contribution < -0.4 is 4.72 Å². The molecule has 10 heteroatoms. The molecular weight excluding hydrogens is 439 g/mol. The fourth-order valence-electron chi connectivity index (χ4n) is 2.69. The van der Waals surface area contributed by atoms with Crippen LogP contribution >= 0.6 is 46.1 Å². The van der Waals surface area contributed by atoms with Crippen LogP contribution in [-0.2, 0) is 21.2 Å². The Hall–Kier alpha value is -0.540. The van der Waals surface area contributed by atoms with Crippen LogP contribution in [0.5, 0.6) is 0 Å². The fraction of sp³-hybridized carbons (Fsp3) is 0.375. The Labute approximate surface area is 171 Å². The van der Waals surface area contributed by atoms with Gasteiger partial charge in [0.25, 0.3) is 10.0 Å². The molecule has 0 radical (unpaired) electrons. The summed E-state index contributed by atoms with van der Waals surface area (Å²) >= 11 is 19.5. The van der Waals surface area contributed by atoms with E-state index in [1.165, 1.54) is 23.5 Å². The number of morpholine rings is 1. The van der Waals surface area contributed by atoms with Gasteiger partial charge in [-0.2, -0.15) is 0 Å². The highest BCUT2D eigenvalue weighted by Gasteiger charge is 2.24. The summed E-state index contributed by atoms with van der Waals surface area (Å²) in [4.78, 5) is 3.09. The molecule has 1 saturated heterocycles. The molecule has 26 heavy (non-hydrogen) atoms. The molecule has 1 aromatic carbocycles. The maximum Gasteiger partial charge on any atom is 0.264 e. The molecule has 0 bridgehead atoms. The van der Waals surface area contributed by atoms with Gasteiger partial charge in [0.2, 0.25) is 0 Å². The Morgan fingerprint density at radius 2 is 1.81 bits per heavy atom. The molecule has 0 aliphatic carbocycles. The van der Waals surface area contributed by atoms with Crippen LogP contribution in [0.3, 0.4) is 0 Å². The van der Waals surface area contributed by atoms with Crippen LogP contribution in [0.1, 0.15) is 4.88 Å². The Morgan fingerprint density at radius 3 is 2.46 bits per heavy atom. The predicted octanol–water partition coefficient (Wildman–Crippen LogP) is 4.38. The molecule has 0 spiro atoms. The molecule has 0 unspecified atom stereocenters. The zero-order valence-corrected chi connectivity index (χ0v) is 17.6. The lowest BCUT2D eigenvalue weighted by molar-refractivity contribution is 0.0385. The van der Waals surface area contributed by atoms with E-state index in [1.807, 2.05) is 5.38 Å². The highest BCUT2D eigenvalue weighted by molar-refractivity contribution is 7.93. The number of rotatable bonds is 6. The number of sulfonamides is 1. The Kier molecular flexibility index (Phi) is 6.72. The van der Waals surface area contributed by atoms with Crippen molar-refractivity contribution in [2.75, 3.05) is 37.6 Å². The molecule has 1 fully saturated rings. The van der Waals surface area contributed by atoms with E-state index in [1.54, 1.807) is 6.07 Å². The van der Waals surface area contributed by atoms with Crippen LogP contribution in [-0.4, -0.2) is 46.2 Å². The van der Waals surface area contributed by atoms with E-state index < -0.39 is 10.0 Å². The van der Waals surface area contributed by atoms with E-state index >= 15 is 0 Å². The second-order valence-corrected chi connectivity index (χ2v) is 9.64. The Balaban J connectivity index is 1.76. The Morgan fingerprint density at radius 1 is 1.15 bits per heavy atom. The van der Waals surface area contributed by atoms with Gasteiger partial charge in [0.15, 0.2) is 0 Å². The van der Waals surface area contributed by atoms with Crippen LogP contribution in [0.15, 0.2) is 28.5 Å². The molecule has 1 aliphatic heterocycles. The molecule has 2 heterocycles. The van der Waals surface area contributed by atoms with Gasteiger partial charge in [-0.1, -0.05) is 34.8 Å². The third-order valence-corrected chi connectivity index (χ3v) is 7.47. The molecule has 0 amide bonds. The molecule has 1 aromatic heterocycles. The normalized spacial score (nSPS) is 16.0. The van der Waals surface area contributed by atoms with E-state index in [0.717, 1.165) is 44.1 Å². The first-order valence-corrected chi connectivity index (χ1v) is 11.4. The lowest BCUT2D eigenvalue weighted by Crippen LogP contribution is -2.37. The summed E-state index contributed by atoms with van der Waals surface area (Å²) in [5, 5.41) is 2.11. The highest BCUT2D eigenvalue weighted by Crippen LogP contribution is 2.35. The number of ether oxygens (including phenoxy) is 1. The van der Waals surface area contributed by atoms with Gasteiger partial charge in [-0.15, -0.1) is 11.3 Å². The van der Waals surface area contributed by atoms with Gasteiger partial charge in [-0.3, -0.25) is 9.62 Å². The second kappa shape index (κ2) is 8.65. The number of halogens is 3. The topological polar surface area (TPSA) is 58.6 Å². The molecular formula is C16H17Cl3N2O3S2. The highest BCUT2D eigenvalue weighted by atomic mass is 35.5. The van der Waals surface area contributed by atoms with Gasteiger partial charge in [0, 0.05) is 29.5 Å². The average molecular weight is 456 g/mol. The zero-order chi connectivity index (χ0) is 18.7. The van der Waals surface area contributed by atoms with Crippen LogP contribution in [0, 0.1) is 0 Å². The van der Waals surface area contributed by atoms with Crippen LogP contribution in [0.2, 0.25) is 15.1 Å². The Bertz CT molecular complexity index is 858. The van der Waals surface area contributed by atoms with E-state index in [-0.39, 0.29) is 20.0 Å². The smallest absolute Gasteiger partial charge is 0.264 e. The van der Waals surface area contributed by atoms with Crippen LogP contribution in [0.25, 0.3) is 0 Å². The fourth-order valence-corrected chi connectivity index (χ4v) is 6.22. The van der Waals surface area contributed by atoms with E-state index in [2.05, 4.69) is 9.62 Å². The van der Waals surface area contributed by atoms with E-state index in [4.69, 9.17) is 39.5 Å². The summed E-state index contributed by atoms with van der Waals surface area (Å²) < 4.78 is 33.5. The number of anilines is 1. The summed E-state index contributed by atoms with van der Waals surface area (Å²) in [7, 11) is -3.93. The molecule has 2 aromatic rings. The lowest BCUT2D eigenvalue weighted by Gasteiger charge is -2.26. The van der Waals surface area contributed by atoms with Crippen molar-refractivity contribution < 1.29 is 13.2 Å². The summed E-state index contributed by atoms with van der Waals surface area (Å²) in [6, 6.07) is 4.46. The first-order chi connectivity index (χ1) is 12.4. The van der Waals surface area contributed by atoms with Crippen molar-refractivity contribution in [1.29, 1.82) is 0 Å². The van der Waals surface area contributed by atoms with E-state index in [0.29, 0.717) is 5.69 Å². The van der Waals surface area contributed by atoms with E-state index in [9.17, 15) is 8.42 Å². The van der Waals surface area contributed by atoms with Crippen molar-refractivity contribution in [3.63, 3.8) is 0 Å². The van der Waals surface area contributed by atoms with Crippen molar-refractivity contribution in [2.45, 2.75) is 11.3 Å². The van der Waals surface area contributed by atoms with Crippen molar-refractivity contribution in [1.82, 2.24) is 4.90 Å². The summed E-state index contributed by atoms with van der Waals surface area (Å²) in [5.41, 5.74) is 0.547. The molecule has 1 aliphatic rings. The number of benzene rings is 1. The number of hydrogen-bond donors (Lipinski definition) is 1. The standard InChI is InChI=1S/C16H17Cl3N2O3S2/c17-11-9-12(18)16(13(19)10-11)26(22,23)20-14-2-8-25-15(14)1-3-21-4-6-24-7-5-21/h2,8-10,20H,1,3-7H2. The van der Waals surface area contributed by atoms with Crippen molar-refractivity contribution in [3.05, 3.63) is 43.5 Å². The minimum Gasteiger partial charge on any atom is -0.379 e. The van der Waals surface area contributed by atoms with Gasteiger partial charge >= 0.3 is 0 Å². The van der Waals surface area contributed by atoms with Gasteiger partial charge < -0.3 is 4.74 Å².